The highest BCUT2D eigenvalue weighted by atomic mass is 16.1. The lowest BCUT2D eigenvalue weighted by Gasteiger charge is -2.04. The molecule has 0 aromatic carbocycles. The first-order valence-corrected chi connectivity index (χ1v) is 6.37. The maximum atomic E-state index is 11.0. The molecule has 2 aliphatic carbocycles. The third-order valence-electron chi connectivity index (χ3n) is 4.46. The summed E-state index contributed by atoms with van der Waals surface area (Å²) >= 11 is 0. The van der Waals surface area contributed by atoms with E-state index in [4.69, 9.17) is 0 Å². The first-order chi connectivity index (χ1) is 7.55. The summed E-state index contributed by atoms with van der Waals surface area (Å²) in [7, 11) is 0. The summed E-state index contributed by atoms with van der Waals surface area (Å²) in [5, 5.41) is 0. The molecule has 2 aliphatic rings. The van der Waals surface area contributed by atoms with Crippen molar-refractivity contribution in [3.63, 3.8) is 0 Å². The van der Waals surface area contributed by atoms with Crippen molar-refractivity contribution >= 4 is 6.29 Å². The fourth-order valence-electron chi connectivity index (χ4n) is 3.05. The Morgan fingerprint density at radius 3 is 2.81 bits per heavy atom. The second-order valence-electron chi connectivity index (χ2n) is 5.94. The molecule has 0 radical (unpaired) electrons. The third-order valence-corrected chi connectivity index (χ3v) is 4.46. The monoisotopic (exact) mass is 218 g/mol. The molecule has 0 spiro atoms. The zero-order valence-electron chi connectivity index (χ0n) is 10.6. The van der Waals surface area contributed by atoms with E-state index in [9.17, 15) is 4.79 Å². The summed E-state index contributed by atoms with van der Waals surface area (Å²) in [6, 6.07) is 0. The van der Waals surface area contributed by atoms with Gasteiger partial charge in [-0.25, -0.2) is 0 Å². The maximum absolute atomic E-state index is 11.0. The van der Waals surface area contributed by atoms with Gasteiger partial charge in [-0.05, 0) is 55.4 Å². The summed E-state index contributed by atoms with van der Waals surface area (Å²) in [6.07, 6.45) is 10.0. The molecule has 0 saturated heterocycles. The minimum absolute atomic E-state index is 0.416. The maximum Gasteiger partial charge on any atom is 0.145 e. The van der Waals surface area contributed by atoms with Crippen LogP contribution in [0.3, 0.4) is 0 Å². The van der Waals surface area contributed by atoms with Gasteiger partial charge in [0.2, 0.25) is 0 Å². The second kappa shape index (κ2) is 4.20. The molecular formula is C15H22O. The van der Waals surface area contributed by atoms with E-state index < -0.39 is 0 Å². The van der Waals surface area contributed by atoms with Crippen molar-refractivity contribution in [1.82, 2.24) is 0 Å². The van der Waals surface area contributed by atoms with Gasteiger partial charge in [0.15, 0.2) is 0 Å². The van der Waals surface area contributed by atoms with Crippen LogP contribution in [-0.2, 0) is 4.79 Å². The molecule has 1 fully saturated rings. The number of fused-ring (bicyclic) bond motifs is 1. The van der Waals surface area contributed by atoms with E-state index in [0.29, 0.717) is 11.3 Å². The van der Waals surface area contributed by atoms with Crippen LogP contribution in [0.1, 0.15) is 46.5 Å². The molecule has 1 saturated carbocycles. The van der Waals surface area contributed by atoms with Gasteiger partial charge in [0.25, 0.3) is 0 Å². The van der Waals surface area contributed by atoms with Crippen molar-refractivity contribution in [2.45, 2.75) is 46.5 Å². The summed E-state index contributed by atoms with van der Waals surface area (Å²) in [6.45, 7) is 6.88. The molecular weight excluding hydrogens is 196 g/mol. The van der Waals surface area contributed by atoms with E-state index in [1.54, 1.807) is 0 Å². The summed E-state index contributed by atoms with van der Waals surface area (Å²) in [5.74, 6) is 1.42. The molecule has 0 amide bonds. The molecule has 0 aliphatic heterocycles. The van der Waals surface area contributed by atoms with Crippen molar-refractivity contribution < 1.29 is 4.79 Å². The molecule has 0 N–H and O–H groups in total. The zero-order chi connectivity index (χ0) is 11.8. The second-order valence-corrected chi connectivity index (χ2v) is 5.94. The number of hydrogen-bond donors (Lipinski definition) is 0. The van der Waals surface area contributed by atoms with Crippen LogP contribution in [0.15, 0.2) is 23.3 Å². The molecule has 88 valence electrons. The number of rotatable bonds is 1. The molecule has 1 nitrogen and oxygen atoms in total. The molecule has 0 aromatic heterocycles. The van der Waals surface area contributed by atoms with E-state index in [-0.39, 0.29) is 0 Å². The Morgan fingerprint density at radius 2 is 2.12 bits per heavy atom. The van der Waals surface area contributed by atoms with E-state index in [2.05, 4.69) is 32.9 Å². The molecule has 2 rings (SSSR count). The van der Waals surface area contributed by atoms with Crippen LogP contribution in [0.2, 0.25) is 0 Å². The first kappa shape index (κ1) is 11.6. The first-order valence-electron chi connectivity index (χ1n) is 6.37. The van der Waals surface area contributed by atoms with Gasteiger partial charge in [-0.15, -0.1) is 0 Å². The fourth-order valence-corrected chi connectivity index (χ4v) is 3.05. The van der Waals surface area contributed by atoms with Gasteiger partial charge < -0.3 is 0 Å². The third kappa shape index (κ3) is 2.14. The van der Waals surface area contributed by atoms with E-state index in [1.807, 2.05) is 0 Å². The predicted molar refractivity (Wildman–Crippen MR) is 67.1 cm³/mol. The largest absolute Gasteiger partial charge is 0.298 e. The standard InChI is InChI=1S/C15H22O/c1-11-5-4-6-12(10-16)9-14-13(8-7-11)15(14,2)3/h5,9-10,13-14H,4,6-8H2,1-3H3/t13-,14+/m0/s1. The van der Waals surface area contributed by atoms with Crippen LogP contribution < -0.4 is 0 Å². The van der Waals surface area contributed by atoms with Crippen LogP contribution in [0.5, 0.6) is 0 Å². The van der Waals surface area contributed by atoms with Gasteiger partial charge in [0, 0.05) is 0 Å². The number of carbonyl (C=O) groups excluding carboxylic acids is 1. The SMILES string of the molecule is CC1=CCCC(C=O)=C[C@@H]2[C@H](CC1)C2(C)C. The zero-order valence-corrected chi connectivity index (χ0v) is 10.6. The van der Waals surface area contributed by atoms with Crippen LogP contribution in [0.4, 0.5) is 0 Å². The quantitative estimate of drug-likeness (QED) is 0.482. The summed E-state index contributed by atoms with van der Waals surface area (Å²) < 4.78 is 0. The van der Waals surface area contributed by atoms with Crippen molar-refractivity contribution in [2.24, 2.45) is 17.3 Å². The smallest absolute Gasteiger partial charge is 0.145 e. The number of allylic oxidation sites excluding steroid dienone is 4. The van der Waals surface area contributed by atoms with Gasteiger partial charge in [-0.1, -0.05) is 31.6 Å². The molecule has 0 aromatic rings. The highest BCUT2D eigenvalue weighted by Gasteiger charge is 2.55. The van der Waals surface area contributed by atoms with Gasteiger partial charge in [-0.3, -0.25) is 4.79 Å². The van der Waals surface area contributed by atoms with Crippen LogP contribution in [0, 0.1) is 17.3 Å². The molecule has 0 heterocycles. The minimum Gasteiger partial charge on any atom is -0.298 e. The van der Waals surface area contributed by atoms with Gasteiger partial charge in [0.05, 0.1) is 0 Å². The van der Waals surface area contributed by atoms with E-state index >= 15 is 0 Å². The molecule has 0 unspecified atom stereocenters. The van der Waals surface area contributed by atoms with Crippen molar-refractivity contribution in [2.75, 3.05) is 0 Å². The van der Waals surface area contributed by atoms with Crippen molar-refractivity contribution in [1.29, 1.82) is 0 Å². The lowest BCUT2D eigenvalue weighted by Crippen LogP contribution is -1.91. The van der Waals surface area contributed by atoms with E-state index in [0.717, 1.165) is 30.6 Å². The fraction of sp³-hybridized carbons (Fsp3) is 0.667. The predicted octanol–water partition coefficient (Wildman–Crippen LogP) is 3.90. The van der Waals surface area contributed by atoms with E-state index in [1.165, 1.54) is 18.4 Å². The lowest BCUT2D eigenvalue weighted by molar-refractivity contribution is -0.105. The highest BCUT2D eigenvalue weighted by Crippen LogP contribution is 2.61. The molecule has 1 heteroatoms. The Balaban J connectivity index is 2.18. The Morgan fingerprint density at radius 1 is 1.38 bits per heavy atom. The van der Waals surface area contributed by atoms with Gasteiger partial charge in [0.1, 0.15) is 6.29 Å². The van der Waals surface area contributed by atoms with Crippen LogP contribution in [0.25, 0.3) is 0 Å². The molecule has 16 heavy (non-hydrogen) atoms. The number of carbonyl (C=O) groups is 1. The van der Waals surface area contributed by atoms with Gasteiger partial charge >= 0.3 is 0 Å². The Hall–Kier alpha value is -0.850. The average molecular weight is 218 g/mol. The molecule has 0 bridgehead atoms. The van der Waals surface area contributed by atoms with Crippen LogP contribution in [-0.4, -0.2) is 6.29 Å². The van der Waals surface area contributed by atoms with Crippen molar-refractivity contribution in [3.8, 4) is 0 Å². The van der Waals surface area contributed by atoms with Crippen LogP contribution >= 0.6 is 0 Å². The number of hydrogen-bond acceptors (Lipinski definition) is 1. The number of aldehydes is 1. The average Bonchev–Trinajstić information content (AvgIpc) is 2.76. The Labute approximate surface area is 98.6 Å². The van der Waals surface area contributed by atoms with Gasteiger partial charge in [-0.2, -0.15) is 0 Å². The normalized spacial score (nSPS) is 33.2. The summed E-state index contributed by atoms with van der Waals surface area (Å²) in [4.78, 5) is 11.0. The Kier molecular flexibility index (Phi) is 3.05. The molecule has 2 atom stereocenters. The topological polar surface area (TPSA) is 17.1 Å². The van der Waals surface area contributed by atoms with Crippen molar-refractivity contribution in [3.05, 3.63) is 23.3 Å². The lowest BCUT2D eigenvalue weighted by atomic mass is 10.0. The highest BCUT2D eigenvalue weighted by molar-refractivity contribution is 5.73. The Bertz CT molecular complexity index is 346. The minimum atomic E-state index is 0.416. The summed E-state index contributed by atoms with van der Waals surface area (Å²) in [5.41, 5.74) is 2.92.